The van der Waals surface area contributed by atoms with Gasteiger partial charge < -0.3 is 15.2 Å². The molecule has 2 saturated heterocycles. The lowest BCUT2D eigenvalue weighted by Crippen LogP contribution is -2.15. The number of rotatable bonds is 5. The molecule has 0 spiro atoms. The van der Waals surface area contributed by atoms with Crippen LogP contribution in [0.3, 0.4) is 0 Å². The highest BCUT2D eigenvalue weighted by atomic mass is 16.6. The maximum atomic E-state index is 11.0. The fourth-order valence-electron chi connectivity index (χ4n) is 1.19. The molecule has 0 aliphatic carbocycles. The molecule has 2 N–H and O–H groups in total. The van der Waals surface area contributed by atoms with Crippen molar-refractivity contribution in [3.63, 3.8) is 0 Å². The van der Waals surface area contributed by atoms with Gasteiger partial charge in [0.25, 0.3) is 0 Å². The van der Waals surface area contributed by atoms with Crippen LogP contribution >= 0.6 is 0 Å². The smallest absolute Gasteiger partial charge is 0.244 e. The minimum atomic E-state index is -0.337. The summed E-state index contributed by atoms with van der Waals surface area (Å²) in [5.41, 5.74) is 5.89. The largest absolute Gasteiger partial charge is 0.373 e. The predicted octanol–water partition coefficient (Wildman–Crippen LogP) is -0.0241. The van der Waals surface area contributed by atoms with Crippen LogP contribution in [0.4, 0.5) is 0 Å². The third-order valence-corrected chi connectivity index (χ3v) is 2.20. The Morgan fingerprint density at radius 1 is 1.38 bits per heavy atom. The molecular weight excluding hydrogens is 170 g/mol. The first kappa shape index (κ1) is 8.72. The lowest BCUT2D eigenvalue weighted by molar-refractivity contribution is -0.114. The van der Waals surface area contributed by atoms with E-state index < -0.39 is 0 Å². The maximum absolute atomic E-state index is 11.0. The average molecular weight is 183 g/mol. The van der Waals surface area contributed by atoms with Crippen molar-refractivity contribution in [3.8, 4) is 0 Å². The van der Waals surface area contributed by atoms with Crippen molar-refractivity contribution in [1.82, 2.24) is 0 Å². The van der Waals surface area contributed by atoms with Gasteiger partial charge >= 0.3 is 0 Å². The molecule has 1 amide bonds. The monoisotopic (exact) mass is 183 g/mol. The Labute approximate surface area is 76.7 Å². The molecule has 0 aromatic rings. The number of hydrogen-bond acceptors (Lipinski definition) is 3. The van der Waals surface area contributed by atoms with E-state index in [4.69, 9.17) is 15.2 Å². The second-order valence-electron chi connectivity index (χ2n) is 3.44. The van der Waals surface area contributed by atoms with Crippen LogP contribution in [0.1, 0.15) is 12.8 Å². The summed E-state index contributed by atoms with van der Waals surface area (Å²) in [5.74, 6) is -0.337. The fraction of sp³-hybridized carbons (Fsp3) is 0.667. The van der Waals surface area contributed by atoms with Gasteiger partial charge in [0, 0.05) is 12.0 Å². The van der Waals surface area contributed by atoms with Crippen molar-refractivity contribution in [2.75, 3.05) is 13.2 Å². The van der Waals surface area contributed by atoms with E-state index in [0.717, 1.165) is 19.6 Å². The summed E-state index contributed by atoms with van der Waals surface area (Å²) in [6, 6.07) is 0. The highest BCUT2D eigenvalue weighted by Crippen LogP contribution is 2.21. The van der Waals surface area contributed by atoms with Crippen molar-refractivity contribution >= 4 is 5.91 Å². The summed E-state index contributed by atoms with van der Waals surface area (Å²) >= 11 is 0. The van der Waals surface area contributed by atoms with Crippen LogP contribution in [-0.4, -0.2) is 31.3 Å². The quantitative estimate of drug-likeness (QED) is 0.481. The van der Waals surface area contributed by atoms with Crippen LogP contribution in [0.5, 0.6) is 0 Å². The molecule has 2 atom stereocenters. The van der Waals surface area contributed by atoms with Crippen molar-refractivity contribution in [2.45, 2.75) is 25.0 Å². The number of epoxide rings is 2. The van der Waals surface area contributed by atoms with E-state index in [2.05, 4.69) is 0 Å². The molecular formula is C9H13NO3. The molecule has 0 aromatic carbocycles. The van der Waals surface area contributed by atoms with E-state index in [1.165, 1.54) is 0 Å². The summed E-state index contributed by atoms with van der Waals surface area (Å²) in [7, 11) is 0. The molecule has 2 heterocycles. The predicted molar refractivity (Wildman–Crippen MR) is 46.0 cm³/mol. The number of primary amides is 1. The molecule has 2 rings (SSSR count). The number of ether oxygens (including phenoxy) is 2. The van der Waals surface area contributed by atoms with Gasteiger partial charge in [-0.05, 0) is 6.42 Å². The standard InChI is InChI=1S/C9H13NO3/c10-9(11)6(3-8-5-13-8)1-2-7-4-12-7/h1,7-8H,2-5H2,(H2,10,11). The zero-order valence-electron chi connectivity index (χ0n) is 7.36. The summed E-state index contributed by atoms with van der Waals surface area (Å²) < 4.78 is 10.1. The van der Waals surface area contributed by atoms with Crippen LogP contribution in [0, 0.1) is 0 Å². The van der Waals surface area contributed by atoms with Crippen LogP contribution < -0.4 is 5.73 Å². The first-order valence-corrected chi connectivity index (χ1v) is 4.48. The van der Waals surface area contributed by atoms with Crippen molar-refractivity contribution in [1.29, 1.82) is 0 Å². The van der Waals surface area contributed by atoms with E-state index in [0.29, 0.717) is 18.1 Å². The molecule has 2 unspecified atom stereocenters. The number of nitrogens with two attached hydrogens (primary N) is 1. The lowest BCUT2D eigenvalue weighted by atomic mass is 10.1. The van der Waals surface area contributed by atoms with Crippen LogP contribution in [0.25, 0.3) is 0 Å². The molecule has 4 nitrogen and oxygen atoms in total. The third-order valence-electron chi connectivity index (χ3n) is 2.20. The minimum absolute atomic E-state index is 0.221. The summed E-state index contributed by atoms with van der Waals surface area (Å²) in [5, 5.41) is 0. The Bertz CT molecular complexity index is 241. The Morgan fingerprint density at radius 2 is 2.00 bits per heavy atom. The third kappa shape index (κ3) is 2.82. The highest BCUT2D eigenvalue weighted by Gasteiger charge is 2.26. The number of amides is 1. The van der Waals surface area contributed by atoms with Crippen molar-refractivity contribution in [2.24, 2.45) is 5.73 Å². The number of carbonyl (C=O) groups is 1. The Balaban J connectivity index is 1.85. The number of carbonyl (C=O) groups excluding carboxylic acids is 1. The normalized spacial score (nSPS) is 31.5. The minimum Gasteiger partial charge on any atom is -0.373 e. The van der Waals surface area contributed by atoms with E-state index in [9.17, 15) is 4.79 Å². The second kappa shape index (κ2) is 3.47. The topological polar surface area (TPSA) is 68.2 Å². The summed E-state index contributed by atoms with van der Waals surface area (Å²) in [4.78, 5) is 11.0. The van der Waals surface area contributed by atoms with Gasteiger partial charge in [-0.25, -0.2) is 0 Å². The van der Waals surface area contributed by atoms with E-state index in [1.807, 2.05) is 6.08 Å². The number of hydrogen-bond donors (Lipinski definition) is 1. The van der Waals surface area contributed by atoms with Crippen LogP contribution in [0.2, 0.25) is 0 Å². The Kier molecular flexibility index (Phi) is 2.33. The van der Waals surface area contributed by atoms with Gasteiger partial charge in [0.2, 0.25) is 5.91 Å². The molecule has 4 heteroatoms. The van der Waals surface area contributed by atoms with Crippen LogP contribution in [0.15, 0.2) is 11.6 Å². The van der Waals surface area contributed by atoms with E-state index in [-0.39, 0.29) is 12.0 Å². The van der Waals surface area contributed by atoms with Gasteiger partial charge in [0.05, 0.1) is 25.4 Å². The molecule has 2 aliphatic rings. The molecule has 0 bridgehead atoms. The van der Waals surface area contributed by atoms with Gasteiger partial charge in [-0.3, -0.25) is 4.79 Å². The summed E-state index contributed by atoms with van der Waals surface area (Å²) in [6.45, 7) is 1.56. The molecule has 13 heavy (non-hydrogen) atoms. The van der Waals surface area contributed by atoms with Crippen molar-refractivity contribution < 1.29 is 14.3 Å². The van der Waals surface area contributed by atoms with Crippen LogP contribution in [-0.2, 0) is 14.3 Å². The SMILES string of the molecule is NC(=O)C(=CCC1CO1)CC1CO1. The molecule has 0 aromatic heterocycles. The molecule has 0 saturated carbocycles. The average Bonchev–Trinajstić information content (AvgIpc) is 2.92. The second-order valence-corrected chi connectivity index (χ2v) is 3.44. The van der Waals surface area contributed by atoms with E-state index >= 15 is 0 Å². The first-order chi connectivity index (χ1) is 6.25. The molecule has 0 radical (unpaired) electrons. The highest BCUT2D eigenvalue weighted by molar-refractivity contribution is 5.91. The molecule has 72 valence electrons. The summed E-state index contributed by atoms with van der Waals surface area (Å²) in [6.07, 6.45) is 3.86. The lowest BCUT2D eigenvalue weighted by Gasteiger charge is -1.99. The first-order valence-electron chi connectivity index (χ1n) is 4.48. The Morgan fingerprint density at radius 3 is 2.46 bits per heavy atom. The zero-order valence-corrected chi connectivity index (χ0v) is 7.36. The fourth-order valence-corrected chi connectivity index (χ4v) is 1.19. The maximum Gasteiger partial charge on any atom is 0.244 e. The van der Waals surface area contributed by atoms with Gasteiger partial charge in [-0.15, -0.1) is 0 Å². The molecule has 2 fully saturated rings. The van der Waals surface area contributed by atoms with Crippen molar-refractivity contribution in [3.05, 3.63) is 11.6 Å². The van der Waals surface area contributed by atoms with Gasteiger partial charge in [-0.1, -0.05) is 6.08 Å². The Hall–Kier alpha value is -0.870. The zero-order chi connectivity index (χ0) is 9.26. The van der Waals surface area contributed by atoms with Gasteiger partial charge in [0.1, 0.15) is 0 Å². The van der Waals surface area contributed by atoms with E-state index in [1.54, 1.807) is 0 Å². The van der Waals surface area contributed by atoms with Gasteiger partial charge in [0.15, 0.2) is 0 Å². The molecule has 2 aliphatic heterocycles. The van der Waals surface area contributed by atoms with Gasteiger partial charge in [-0.2, -0.15) is 0 Å².